The van der Waals surface area contributed by atoms with Crippen molar-refractivity contribution in [1.29, 1.82) is 0 Å². The molecule has 1 heterocycles. The second kappa shape index (κ2) is 3.87. The lowest BCUT2D eigenvalue weighted by Gasteiger charge is -2.16. The summed E-state index contributed by atoms with van der Waals surface area (Å²) in [6.45, 7) is 5.09. The van der Waals surface area contributed by atoms with E-state index in [0.717, 1.165) is 17.2 Å². The van der Waals surface area contributed by atoms with Crippen LogP contribution in [0, 0.1) is 0 Å². The van der Waals surface area contributed by atoms with Gasteiger partial charge in [0.25, 0.3) is 11.8 Å². The van der Waals surface area contributed by atoms with Crippen LogP contribution in [0.25, 0.3) is 0 Å². The minimum absolute atomic E-state index is 0.0397. The molecule has 0 unspecified atom stereocenters. The molecule has 0 atom stereocenters. The van der Waals surface area contributed by atoms with Crippen LogP contribution in [-0.4, -0.2) is 22.6 Å². The molecule has 2 amide bonds. The second-order valence-electron chi connectivity index (χ2n) is 2.71. The van der Waals surface area contributed by atoms with Crippen LogP contribution in [0.1, 0.15) is 13.3 Å². The van der Waals surface area contributed by atoms with Crippen LogP contribution >= 0.6 is 0 Å². The Morgan fingerprint density at radius 2 is 1.93 bits per heavy atom. The molecule has 0 bridgehead atoms. The summed E-state index contributed by atoms with van der Waals surface area (Å²) in [4.78, 5) is 33.2. The first-order valence-electron chi connectivity index (χ1n) is 4.11. The van der Waals surface area contributed by atoms with Gasteiger partial charge in [-0.05, 0) is 0 Å². The lowest BCUT2D eigenvalue weighted by atomic mass is 10.2. The Balaban J connectivity index is 2.62. The molecule has 1 rings (SSSR count). The fourth-order valence-corrected chi connectivity index (χ4v) is 0.921. The first-order valence-corrected chi connectivity index (χ1v) is 4.11. The molecule has 1 aliphatic heterocycles. The largest absolute Gasteiger partial charge is 0.293 e. The number of nitrogens with one attached hydrogen (secondary N) is 1. The quantitative estimate of drug-likeness (QED) is 0.501. The third kappa shape index (κ3) is 1.87. The Bertz CT molecular complexity index is 326. The fraction of sp³-hybridized carbons (Fsp3) is 0.222. The van der Waals surface area contributed by atoms with E-state index in [2.05, 4.69) is 12.0 Å². The van der Waals surface area contributed by atoms with E-state index in [-0.39, 0.29) is 17.9 Å². The number of nitrogens with zero attached hydrogens (tertiary/aromatic N) is 1. The molecule has 14 heavy (non-hydrogen) atoms. The van der Waals surface area contributed by atoms with Crippen LogP contribution in [-0.2, 0) is 14.4 Å². The minimum Gasteiger partial charge on any atom is -0.293 e. The molecule has 0 radical (unpaired) electrons. The van der Waals surface area contributed by atoms with Gasteiger partial charge < -0.3 is 0 Å². The van der Waals surface area contributed by atoms with Crippen molar-refractivity contribution in [2.75, 3.05) is 0 Å². The number of amides is 2. The van der Waals surface area contributed by atoms with Gasteiger partial charge in [-0.1, -0.05) is 13.5 Å². The smallest absolute Gasteiger partial charge is 0.272 e. The highest BCUT2D eigenvalue weighted by atomic mass is 16.2. The number of carbonyl (C=O) groups is 3. The summed E-state index contributed by atoms with van der Waals surface area (Å²) in [5, 5.41) is 0.746. The Labute approximate surface area is 81.0 Å². The SMILES string of the molecule is C=C(NN1C(=O)C=CC1=O)C(=O)CC. The summed E-state index contributed by atoms with van der Waals surface area (Å²) in [6, 6.07) is 0. The van der Waals surface area contributed by atoms with Crippen molar-refractivity contribution in [3.8, 4) is 0 Å². The molecule has 0 aromatic carbocycles. The Hall–Kier alpha value is -1.91. The second-order valence-corrected chi connectivity index (χ2v) is 2.71. The number of Topliss-reactive ketones (excluding diaryl/α,β-unsaturated/α-hetero) is 1. The van der Waals surface area contributed by atoms with E-state index in [4.69, 9.17) is 0 Å². The van der Waals surface area contributed by atoms with E-state index >= 15 is 0 Å². The monoisotopic (exact) mass is 194 g/mol. The maximum Gasteiger partial charge on any atom is 0.272 e. The highest BCUT2D eigenvalue weighted by Crippen LogP contribution is 2.02. The highest BCUT2D eigenvalue weighted by molar-refractivity contribution is 6.13. The topological polar surface area (TPSA) is 66.5 Å². The van der Waals surface area contributed by atoms with Crippen LogP contribution in [0.15, 0.2) is 24.4 Å². The molecule has 0 aromatic rings. The number of hydrogen-bond acceptors (Lipinski definition) is 4. The third-order valence-electron chi connectivity index (χ3n) is 1.71. The molecule has 1 aliphatic rings. The molecule has 5 heteroatoms. The van der Waals surface area contributed by atoms with E-state index in [1.54, 1.807) is 6.92 Å². The van der Waals surface area contributed by atoms with E-state index in [9.17, 15) is 14.4 Å². The molecule has 5 nitrogen and oxygen atoms in total. The molecule has 0 fully saturated rings. The average molecular weight is 194 g/mol. The highest BCUT2D eigenvalue weighted by Gasteiger charge is 2.24. The molecule has 0 saturated carbocycles. The van der Waals surface area contributed by atoms with Crippen LogP contribution in [0.3, 0.4) is 0 Å². The number of hydrogen-bond donors (Lipinski definition) is 1. The summed E-state index contributed by atoms with van der Waals surface area (Å²) >= 11 is 0. The zero-order chi connectivity index (χ0) is 10.7. The van der Waals surface area contributed by atoms with Gasteiger partial charge in [0.05, 0.1) is 5.70 Å². The Morgan fingerprint density at radius 3 is 2.36 bits per heavy atom. The zero-order valence-corrected chi connectivity index (χ0v) is 7.74. The molecule has 0 aliphatic carbocycles. The summed E-state index contributed by atoms with van der Waals surface area (Å²) in [5.41, 5.74) is 2.40. The number of imide groups is 1. The normalized spacial score (nSPS) is 14.8. The van der Waals surface area contributed by atoms with Crippen molar-refractivity contribution >= 4 is 17.6 Å². The molecule has 1 N–H and O–H groups in total. The number of ketones is 1. The maximum atomic E-state index is 11.1. The zero-order valence-electron chi connectivity index (χ0n) is 7.74. The molecular weight excluding hydrogens is 184 g/mol. The fourth-order valence-electron chi connectivity index (χ4n) is 0.921. The summed E-state index contributed by atoms with van der Waals surface area (Å²) in [6.07, 6.45) is 2.52. The van der Waals surface area contributed by atoms with Crippen molar-refractivity contribution in [3.05, 3.63) is 24.4 Å². The van der Waals surface area contributed by atoms with E-state index in [1.165, 1.54) is 0 Å². The van der Waals surface area contributed by atoms with Crippen LogP contribution in [0.2, 0.25) is 0 Å². The van der Waals surface area contributed by atoms with Crippen LogP contribution in [0.4, 0.5) is 0 Å². The van der Waals surface area contributed by atoms with E-state index in [0.29, 0.717) is 0 Å². The van der Waals surface area contributed by atoms with Crippen molar-refractivity contribution in [2.45, 2.75) is 13.3 Å². The van der Waals surface area contributed by atoms with Crippen LogP contribution in [0.5, 0.6) is 0 Å². The van der Waals surface area contributed by atoms with Crippen LogP contribution < -0.4 is 5.43 Å². The van der Waals surface area contributed by atoms with Gasteiger partial charge >= 0.3 is 0 Å². The number of carbonyl (C=O) groups excluding carboxylic acids is 3. The lowest BCUT2D eigenvalue weighted by molar-refractivity contribution is -0.139. The van der Waals surface area contributed by atoms with Gasteiger partial charge in [0.15, 0.2) is 5.78 Å². The minimum atomic E-state index is -0.500. The van der Waals surface area contributed by atoms with Gasteiger partial charge in [-0.3, -0.25) is 19.8 Å². The number of rotatable bonds is 4. The summed E-state index contributed by atoms with van der Waals surface area (Å²) in [5.74, 6) is -1.24. The first-order chi connectivity index (χ1) is 6.56. The number of hydrazine groups is 1. The van der Waals surface area contributed by atoms with E-state index < -0.39 is 11.8 Å². The molecule has 0 spiro atoms. The van der Waals surface area contributed by atoms with Gasteiger partial charge in [0, 0.05) is 18.6 Å². The lowest BCUT2D eigenvalue weighted by Crippen LogP contribution is -2.43. The predicted molar refractivity (Wildman–Crippen MR) is 48.6 cm³/mol. The number of allylic oxidation sites excluding steroid dienone is 1. The van der Waals surface area contributed by atoms with Gasteiger partial charge in [-0.15, -0.1) is 0 Å². The molecular formula is C9H10N2O3. The Kier molecular flexibility index (Phi) is 2.81. The Morgan fingerprint density at radius 1 is 1.43 bits per heavy atom. The van der Waals surface area contributed by atoms with Gasteiger partial charge in [0.1, 0.15) is 0 Å². The van der Waals surface area contributed by atoms with Crippen molar-refractivity contribution in [1.82, 2.24) is 10.4 Å². The van der Waals surface area contributed by atoms with Crippen molar-refractivity contribution in [3.63, 3.8) is 0 Å². The van der Waals surface area contributed by atoms with E-state index in [1.807, 2.05) is 0 Å². The molecule has 0 aromatic heterocycles. The average Bonchev–Trinajstić information content (AvgIpc) is 2.48. The first kappa shape index (κ1) is 10.2. The van der Waals surface area contributed by atoms with Crippen molar-refractivity contribution < 1.29 is 14.4 Å². The summed E-state index contributed by atoms with van der Waals surface area (Å²) < 4.78 is 0. The van der Waals surface area contributed by atoms with Crippen molar-refractivity contribution in [2.24, 2.45) is 0 Å². The molecule has 74 valence electrons. The predicted octanol–water partition coefficient (Wildman–Crippen LogP) is -0.0912. The standard InChI is InChI=1S/C9H10N2O3/c1-3-7(12)6(2)10-11-8(13)4-5-9(11)14/h4-5,10H,2-3H2,1H3. The summed E-state index contributed by atoms with van der Waals surface area (Å²) in [7, 11) is 0. The maximum absolute atomic E-state index is 11.1. The molecule has 0 saturated heterocycles. The third-order valence-corrected chi connectivity index (χ3v) is 1.71. The van der Waals surface area contributed by atoms with Gasteiger partial charge in [0.2, 0.25) is 0 Å². The van der Waals surface area contributed by atoms with Gasteiger partial charge in [-0.25, -0.2) is 0 Å². The van der Waals surface area contributed by atoms with Gasteiger partial charge in [-0.2, -0.15) is 5.01 Å².